The van der Waals surface area contributed by atoms with Crippen LogP contribution in [0.5, 0.6) is 0 Å². The molecule has 0 aromatic heterocycles. The molecule has 19 heavy (non-hydrogen) atoms. The molecule has 0 bridgehead atoms. The number of rotatable bonds is 3. The second-order valence-corrected chi connectivity index (χ2v) is 5.83. The zero-order valence-corrected chi connectivity index (χ0v) is 11.0. The zero-order chi connectivity index (χ0) is 13.9. The van der Waals surface area contributed by atoms with Crippen molar-refractivity contribution in [2.24, 2.45) is 17.8 Å². The topological polar surface area (TPSA) is 26.3 Å². The molecule has 0 aromatic carbocycles. The van der Waals surface area contributed by atoms with E-state index in [1.54, 1.807) is 0 Å². The Hall–Kier alpha value is -0.580. The van der Waals surface area contributed by atoms with Crippen molar-refractivity contribution in [3.8, 4) is 0 Å². The Bertz CT molecular complexity index is 308. The molecule has 0 amide bonds. The number of halogens is 3. The molecule has 2 atom stereocenters. The molecule has 1 saturated heterocycles. The Kier molecular flexibility index (Phi) is 4.87. The van der Waals surface area contributed by atoms with Crippen LogP contribution < -0.4 is 0 Å². The van der Waals surface area contributed by atoms with Crippen molar-refractivity contribution in [3.63, 3.8) is 0 Å². The first-order chi connectivity index (χ1) is 8.97. The van der Waals surface area contributed by atoms with Gasteiger partial charge in [-0.3, -0.25) is 4.79 Å². The van der Waals surface area contributed by atoms with Crippen LogP contribution in [0.1, 0.15) is 44.9 Å². The fourth-order valence-electron chi connectivity index (χ4n) is 3.18. The summed E-state index contributed by atoms with van der Waals surface area (Å²) < 4.78 is 43.4. The predicted octanol–water partition coefficient (Wildman–Crippen LogP) is 3.74. The monoisotopic (exact) mass is 278 g/mol. The summed E-state index contributed by atoms with van der Waals surface area (Å²) in [5.41, 5.74) is 0. The molecule has 0 N–H and O–H groups in total. The van der Waals surface area contributed by atoms with E-state index in [0.29, 0.717) is 38.4 Å². The van der Waals surface area contributed by atoms with Crippen LogP contribution in [0.3, 0.4) is 0 Å². The Labute approximate surface area is 111 Å². The summed E-state index contributed by atoms with van der Waals surface area (Å²) in [6, 6.07) is 0. The van der Waals surface area contributed by atoms with Gasteiger partial charge in [0, 0.05) is 25.6 Å². The van der Waals surface area contributed by atoms with E-state index in [9.17, 15) is 18.0 Å². The molecule has 0 aromatic rings. The average Bonchev–Trinajstić information content (AvgIpc) is 2.39. The van der Waals surface area contributed by atoms with Crippen LogP contribution in [0.15, 0.2) is 0 Å². The fourth-order valence-corrected chi connectivity index (χ4v) is 3.18. The summed E-state index contributed by atoms with van der Waals surface area (Å²) in [5.74, 6) is -1.29. The summed E-state index contributed by atoms with van der Waals surface area (Å²) in [6.45, 7) is 1.35. The van der Waals surface area contributed by atoms with Gasteiger partial charge < -0.3 is 4.74 Å². The maximum absolute atomic E-state index is 12.7. The highest BCUT2D eigenvalue weighted by molar-refractivity contribution is 5.81. The summed E-state index contributed by atoms with van der Waals surface area (Å²) in [5, 5.41) is 0. The van der Waals surface area contributed by atoms with Gasteiger partial charge in [0.1, 0.15) is 5.78 Å². The third-order valence-corrected chi connectivity index (χ3v) is 4.42. The molecule has 2 aliphatic rings. The zero-order valence-electron chi connectivity index (χ0n) is 11.0. The van der Waals surface area contributed by atoms with Gasteiger partial charge in [-0.2, -0.15) is 13.2 Å². The minimum Gasteiger partial charge on any atom is -0.381 e. The van der Waals surface area contributed by atoms with Crippen molar-refractivity contribution >= 4 is 5.78 Å². The lowest BCUT2D eigenvalue weighted by molar-refractivity contribution is -0.186. The van der Waals surface area contributed by atoms with E-state index in [-0.39, 0.29) is 24.5 Å². The molecule has 0 spiro atoms. The minimum atomic E-state index is -4.14. The molecule has 1 aliphatic heterocycles. The number of carbonyl (C=O) groups is 1. The van der Waals surface area contributed by atoms with E-state index >= 15 is 0 Å². The van der Waals surface area contributed by atoms with Gasteiger partial charge in [0.2, 0.25) is 0 Å². The number of Topliss-reactive ketones (excluding diaryl/α,β-unsaturated/α-hetero) is 1. The van der Waals surface area contributed by atoms with Gasteiger partial charge >= 0.3 is 6.18 Å². The summed E-state index contributed by atoms with van der Waals surface area (Å²) in [4.78, 5) is 12.1. The second kappa shape index (κ2) is 6.25. The Balaban J connectivity index is 1.84. The van der Waals surface area contributed by atoms with Crippen molar-refractivity contribution in [2.45, 2.75) is 51.1 Å². The second-order valence-electron chi connectivity index (χ2n) is 5.83. The smallest absolute Gasteiger partial charge is 0.381 e. The standard InChI is InChI=1S/C14H21F3O2/c15-14(16,17)12-3-1-2-11(9-12)13(18)8-10-4-6-19-7-5-10/h10-12H,1-9H2. The largest absolute Gasteiger partial charge is 0.391 e. The van der Waals surface area contributed by atoms with E-state index in [0.717, 1.165) is 12.8 Å². The Morgan fingerprint density at radius 1 is 1.11 bits per heavy atom. The van der Waals surface area contributed by atoms with Crippen LogP contribution in [0.4, 0.5) is 13.2 Å². The normalized spacial score (nSPS) is 30.3. The van der Waals surface area contributed by atoms with Crippen LogP contribution >= 0.6 is 0 Å². The van der Waals surface area contributed by atoms with E-state index in [2.05, 4.69) is 0 Å². The van der Waals surface area contributed by atoms with Crippen LogP contribution in [-0.4, -0.2) is 25.2 Å². The first-order valence-electron chi connectivity index (χ1n) is 7.14. The first-order valence-corrected chi connectivity index (χ1v) is 7.14. The number of carbonyl (C=O) groups excluding carboxylic acids is 1. The van der Waals surface area contributed by atoms with E-state index < -0.39 is 12.1 Å². The summed E-state index contributed by atoms with van der Waals surface area (Å²) in [7, 11) is 0. The van der Waals surface area contributed by atoms with E-state index in [1.165, 1.54) is 0 Å². The predicted molar refractivity (Wildman–Crippen MR) is 64.7 cm³/mol. The molecule has 1 saturated carbocycles. The van der Waals surface area contributed by atoms with E-state index in [4.69, 9.17) is 4.74 Å². The van der Waals surface area contributed by atoms with Gasteiger partial charge in [-0.15, -0.1) is 0 Å². The van der Waals surface area contributed by atoms with Gasteiger partial charge in [-0.1, -0.05) is 6.42 Å². The molecular weight excluding hydrogens is 257 g/mol. The lowest BCUT2D eigenvalue weighted by Crippen LogP contribution is -2.32. The maximum atomic E-state index is 12.7. The maximum Gasteiger partial charge on any atom is 0.391 e. The number of alkyl halides is 3. The lowest BCUT2D eigenvalue weighted by atomic mass is 9.76. The lowest BCUT2D eigenvalue weighted by Gasteiger charge is -2.31. The van der Waals surface area contributed by atoms with Gasteiger partial charge in [-0.25, -0.2) is 0 Å². The SMILES string of the molecule is O=C(CC1CCOCC1)C1CCCC(C(F)(F)F)C1. The number of ketones is 1. The molecule has 5 heteroatoms. The Morgan fingerprint density at radius 3 is 2.42 bits per heavy atom. The molecule has 1 aliphatic carbocycles. The first kappa shape index (κ1) is 14.8. The summed E-state index contributed by atoms with van der Waals surface area (Å²) >= 11 is 0. The van der Waals surface area contributed by atoms with Gasteiger partial charge in [0.15, 0.2) is 0 Å². The average molecular weight is 278 g/mol. The van der Waals surface area contributed by atoms with Crippen LogP contribution in [0.2, 0.25) is 0 Å². The van der Waals surface area contributed by atoms with Crippen molar-refractivity contribution < 1.29 is 22.7 Å². The molecule has 0 radical (unpaired) electrons. The van der Waals surface area contributed by atoms with Crippen molar-refractivity contribution in [1.82, 2.24) is 0 Å². The highest BCUT2D eigenvalue weighted by Gasteiger charge is 2.43. The minimum absolute atomic E-state index is 0.00551. The molecular formula is C14H21F3O2. The van der Waals surface area contributed by atoms with Crippen LogP contribution in [-0.2, 0) is 9.53 Å². The van der Waals surface area contributed by atoms with Gasteiger partial charge in [0.05, 0.1) is 5.92 Å². The molecule has 110 valence electrons. The van der Waals surface area contributed by atoms with Crippen LogP contribution in [0.25, 0.3) is 0 Å². The van der Waals surface area contributed by atoms with Gasteiger partial charge in [-0.05, 0) is 38.0 Å². The third kappa shape index (κ3) is 4.20. The third-order valence-electron chi connectivity index (χ3n) is 4.42. The molecule has 2 unspecified atom stereocenters. The van der Waals surface area contributed by atoms with Gasteiger partial charge in [0.25, 0.3) is 0 Å². The fraction of sp³-hybridized carbons (Fsp3) is 0.929. The van der Waals surface area contributed by atoms with E-state index in [1.807, 2.05) is 0 Å². The van der Waals surface area contributed by atoms with Crippen molar-refractivity contribution in [2.75, 3.05) is 13.2 Å². The molecule has 2 rings (SSSR count). The quantitative estimate of drug-likeness (QED) is 0.786. The number of hydrogen-bond donors (Lipinski definition) is 0. The number of ether oxygens (including phenoxy) is 1. The highest BCUT2D eigenvalue weighted by Crippen LogP contribution is 2.40. The van der Waals surface area contributed by atoms with Crippen molar-refractivity contribution in [3.05, 3.63) is 0 Å². The summed E-state index contributed by atoms with van der Waals surface area (Å²) in [6.07, 6.45) is -0.627. The van der Waals surface area contributed by atoms with Crippen LogP contribution in [0, 0.1) is 17.8 Å². The highest BCUT2D eigenvalue weighted by atomic mass is 19.4. The molecule has 2 nitrogen and oxygen atoms in total. The van der Waals surface area contributed by atoms with Crippen molar-refractivity contribution in [1.29, 1.82) is 0 Å². The Morgan fingerprint density at radius 2 is 1.79 bits per heavy atom. The number of hydrogen-bond acceptors (Lipinski definition) is 2. The molecule has 2 fully saturated rings. The molecule has 1 heterocycles.